The Hall–Kier alpha value is -1.20. The number of thiophene rings is 1. The van der Waals surface area contributed by atoms with Gasteiger partial charge in [-0.05, 0) is 31.7 Å². The predicted molar refractivity (Wildman–Crippen MR) is 82.0 cm³/mol. The Morgan fingerprint density at radius 2 is 2.26 bits per heavy atom. The largest absolute Gasteiger partial charge is 0.338 e. The molecule has 0 saturated heterocycles. The molecule has 0 saturated carbocycles. The van der Waals surface area contributed by atoms with Crippen LogP contribution in [0.25, 0.3) is 9.88 Å². The summed E-state index contributed by atoms with van der Waals surface area (Å²) in [6.07, 6.45) is 0.956. The van der Waals surface area contributed by atoms with Crippen molar-refractivity contribution in [1.29, 1.82) is 0 Å². The lowest BCUT2D eigenvalue weighted by Gasteiger charge is -2.23. The molecule has 0 aliphatic carbocycles. The summed E-state index contributed by atoms with van der Waals surface area (Å²) >= 11 is 3.14. The standard InChI is InChI=1S/C14H18N2OS2/c1-5-9(2)16(4)14(17)12-10(3)15-13(19-12)11-7-6-8-18-11/h6-9H,5H2,1-4H3. The normalized spacial score (nSPS) is 12.4. The third-order valence-electron chi connectivity index (χ3n) is 3.30. The second-order valence-corrected chi connectivity index (χ2v) is 6.53. The van der Waals surface area contributed by atoms with Crippen LogP contribution in [0, 0.1) is 6.92 Å². The lowest BCUT2D eigenvalue weighted by molar-refractivity contribution is 0.0744. The van der Waals surface area contributed by atoms with E-state index in [1.54, 1.807) is 16.2 Å². The highest BCUT2D eigenvalue weighted by atomic mass is 32.1. The summed E-state index contributed by atoms with van der Waals surface area (Å²) in [4.78, 5) is 20.7. The van der Waals surface area contributed by atoms with Gasteiger partial charge in [0.05, 0.1) is 10.6 Å². The predicted octanol–water partition coefficient (Wildman–Crippen LogP) is 4.05. The summed E-state index contributed by atoms with van der Waals surface area (Å²) in [7, 11) is 1.86. The van der Waals surface area contributed by atoms with Crippen molar-refractivity contribution in [3.05, 3.63) is 28.1 Å². The maximum atomic E-state index is 12.4. The van der Waals surface area contributed by atoms with E-state index in [0.717, 1.165) is 26.9 Å². The quantitative estimate of drug-likeness (QED) is 0.852. The summed E-state index contributed by atoms with van der Waals surface area (Å²) in [5, 5.41) is 2.96. The van der Waals surface area contributed by atoms with Gasteiger partial charge in [-0.15, -0.1) is 22.7 Å². The molecule has 0 spiro atoms. The third-order valence-corrected chi connectivity index (χ3v) is 5.48. The zero-order chi connectivity index (χ0) is 14.0. The van der Waals surface area contributed by atoms with Crippen LogP contribution in [0.15, 0.2) is 17.5 Å². The topological polar surface area (TPSA) is 33.2 Å². The van der Waals surface area contributed by atoms with E-state index in [1.807, 2.05) is 31.5 Å². The lowest BCUT2D eigenvalue weighted by atomic mass is 10.2. The smallest absolute Gasteiger partial charge is 0.265 e. The first kappa shape index (κ1) is 14.2. The first-order valence-electron chi connectivity index (χ1n) is 6.33. The summed E-state index contributed by atoms with van der Waals surface area (Å²) in [5.41, 5.74) is 0.827. The van der Waals surface area contributed by atoms with E-state index >= 15 is 0 Å². The average molecular weight is 294 g/mol. The van der Waals surface area contributed by atoms with Crippen LogP contribution >= 0.6 is 22.7 Å². The molecule has 0 radical (unpaired) electrons. The summed E-state index contributed by atoms with van der Waals surface area (Å²) < 4.78 is 0. The minimum atomic E-state index is 0.0761. The molecule has 1 amide bonds. The number of aryl methyl sites for hydroxylation is 1. The Balaban J connectivity index is 2.28. The van der Waals surface area contributed by atoms with E-state index in [-0.39, 0.29) is 11.9 Å². The summed E-state index contributed by atoms with van der Waals surface area (Å²) in [6.45, 7) is 6.06. The summed E-state index contributed by atoms with van der Waals surface area (Å²) in [5.74, 6) is 0.0761. The minimum Gasteiger partial charge on any atom is -0.338 e. The zero-order valence-corrected chi connectivity index (χ0v) is 13.3. The molecule has 0 bridgehead atoms. The fraction of sp³-hybridized carbons (Fsp3) is 0.429. The molecule has 2 rings (SSSR count). The molecule has 1 unspecified atom stereocenters. The third kappa shape index (κ3) is 2.87. The Kier molecular flexibility index (Phi) is 4.37. The molecule has 1 atom stereocenters. The Morgan fingerprint density at radius 1 is 1.53 bits per heavy atom. The minimum absolute atomic E-state index is 0.0761. The highest BCUT2D eigenvalue weighted by molar-refractivity contribution is 7.22. The Labute approximate surface area is 121 Å². The highest BCUT2D eigenvalue weighted by Gasteiger charge is 2.22. The van der Waals surface area contributed by atoms with E-state index in [9.17, 15) is 4.79 Å². The van der Waals surface area contributed by atoms with E-state index in [2.05, 4.69) is 18.8 Å². The van der Waals surface area contributed by atoms with Crippen molar-refractivity contribution in [3.8, 4) is 9.88 Å². The molecule has 19 heavy (non-hydrogen) atoms. The molecular weight excluding hydrogens is 276 g/mol. The second-order valence-electron chi connectivity index (χ2n) is 4.58. The molecule has 0 fully saturated rings. The van der Waals surface area contributed by atoms with Crippen LogP contribution in [-0.4, -0.2) is 28.9 Å². The van der Waals surface area contributed by atoms with Crippen molar-refractivity contribution in [2.45, 2.75) is 33.2 Å². The first-order valence-corrected chi connectivity index (χ1v) is 8.02. The van der Waals surface area contributed by atoms with Crippen molar-refractivity contribution in [2.75, 3.05) is 7.05 Å². The van der Waals surface area contributed by atoms with Gasteiger partial charge in [0.25, 0.3) is 5.91 Å². The number of carbonyl (C=O) groups excluding carboxylic acids is 1. The van der Waals surface area contributed by atoms with Gasteiger partial charge in [0.1, 0.15) is 9.88 Å². The van der Waals surface area contributed by atoms with Gasteiger partial charge in [0.15, 0.2) is 0 Å². The fourth-order valence-corrected chi connectivity index (χ4v) is 3.58. The number of hydrogen-bond donors (Lipinski definition) is 0. The van der Waals surface area contributed by atoms with Gasteiger partial charge in [-0.3, -0.25) is 4.79 Å². The van der Waals surface area contributed by atoms with E-state index in [1.165, 1.54) is 11.3 Å². The van der Waals surface area contributed by atoms with Gasteiger partial charge < -0.3 is 4.90 Å². The van der Waals surface area contributed by atoms with Crippen LogP contribution in [0.5, 0.6) is 0 Å². The van der Waals surface area contributed by atoms with Crippen LogP contribution in [0.4, 0.5) is 0 Å². The van der Waals surface area contributed by atoms with Crippen LogP contribution < -0.4 is 0 Å². The SMILES string of the molecule is CCC(C)N(C)C(=O)c1sc(-c2cccs2)nc1C. The average Bonchev–Trinajstić information content (AvgIpc) is 3.04. The second kappa shape index (κ2) is 5.84. The van der Waals surface area contributed by atoms with E-state index < -0.39 is 0 Å². The molecule has 2 aromatic heterocycles. The summed E-state index contributed by atoms with van der Waals surface area (Å²) in [6, 6.07) is 4.29. The van der Waals surface area contributed by atoms with Crippen molar-refractivity contribution in [3.63, 3.8) is 0 Å². The first-order chi connectivity index (χ1) is 9.04. The Bertz CT molecular complexity index is 560. The van der Waals surface area contributed by atoms with Gasteiger partial charge in [-0.2, -0.15) is 0 Å². The molecule has 5 heteroatoms. The zero-order valence-electron chi connectivity index (χ0n) is 11.6. The number of thiazole rings is 1. The molecular formula is C14H18N2OS2. The van der Waals surface area contributed by atoms with Crippen LogP contribution in [-0.2, 0) is 0 Å². The van der Waals surface area contributed by atoms with E-state index in [0.29, 0.717) is 0 Å². The fourth-order valence-electron chi connectivity index (χ4n) is 1.73. The van der Waals surface area contributed by atoms with Crippen LogP contribution in [0.1, 0.15) is 35.6 Å². The molecule has 0 aromatic carbocycles. The maximum Gasteiger partial charge on any atom is 0.265 e. The van der Waals surface area contributed by atoms with Crippen molar-refractivity contribution in [1.82, 2.24) is 9.88 Å². The number of aromatic nitrogens is 1. The van der Waals surface area contributed by atoms with E-state index in [4.69, 9.17) is 0 Å². The maximum absolute atomic E-state index is 12.4. The van der Waals surface area contributed by atoms with Gasteiger partial charge in [-0.25, -0.2) is 4.98 Å². The molecule has 2 aromatic rings. The number of amides is 1. The number of hydrogen-bond acceptors (Lipinski definition) is 4. The number of carbonyl (C=O) groups is 1. The Morgan fingerprint density at radius 3 is 2.84 bits per heavy atom. The van der Waals surface area contributed by atoms with Crippen molar-refractivity contribution in [2.24, 2.45) is 0 Å². The van der Waals surface area contributed by atoms with Gasteiger partial charge in [0.2, 0.25) is 0 Å². The highest BCUT2D eigenvalue weighted by Crippen LogP contribution is 2.31. The molecule has 2 heterocycles. The molecule has 102 valence electrons. The lowest BCUT2D eigenvalue weighted by Crippen LogP contribution is -2.34. The van der Waals surface area contributed by atoms with Crippen molar-refractivity contribution < 1.29 is 4.79 Å². The molecule has 3 nitrogen and oxygen atoms in total. The molecule has 0 aliphatic heterocycles. The van der Waals surface area contributed by atoms with Crippen LogP contribution in [0.3, 0.4) is 0 Å². The van der Waals surface area contributed by atoms with Gasteiger partial charge in [-0.1, -0.05) is 13.0 Å². The number of rotatable bonds is 4. The molecule has 0 aliphatic rings. The molecule has 0 N–H and O–H groups in total. The number of nitrogens with zero attached hydrogens (tertiary/aromatic N) is 2. The monoisotopic (exact) mass is 294 g/mol. The van der Waals surface area contributed by atoms with Crippen LogP contribution in [0.2, 0.25) is 0 Å². The van der Waals surface area contributed by atoms with Gasteiger partial charge >= 0.3 is 0 Å². The van der Waals surface area contributed by atoms with Crippen molar-refractivity contribution >= 4 is 28.6 Å². The van der Waals surface area contributed by atoms with Gasteiger partial charge in [0, 0.05) is 13.1 Å².